The fourth-order valence-corrected chi connectivity index (χ4v) is 1.18. The average Bonchev–Trinajstić information content (AvgIpc) is 2.05. The molecule has 0 saturated carbocycles. The molecule has 0 atom stereocenters. The lowest BCUT2D eigenvalue weighted by atomic mass is 10.4. The standard InChI is InChI=1S/C8H15N2O2/c1-8(11)9-2-3-10-4-6-12-7-5-10/h1-7H2,(H,9,11). The Hall–Kier alpha value is -0.610. The van der Waals surface area contributed by atoms with Gasteiger partial charge in [-0.2, -0.15) is 0 Å². The number of hydrogen-bond acceptors (Lipinski definition) is 3. The van der Waals surface area contributed by atoms with Crippen LogP contribution in [0.3, 0.4) is 0 Å². The number of hydrogen-bond donors (Lipinski definition) is 1. The highest BCUT2D eigenvalue weighted by atomic mass is 16.5. The predicted octanol–water partition coefficient (Wildman–Crippen LogP) is -0.731. The van der Waals surface area contributed by atoms with Crippen molar-refractivity contribution in [1.29, 1.82) is 0 Å². The number of rotatable bonds is 3. The molecule has 1 aliphatic rings. The van der Waals surface area contributed by atoms with Crippen LogP contribution in [0.4, 0.5) is 0 Å². The van der Waals surface area contributed by atoms with Crippen molar-refractivity contribution in [2.24, 2.45) is 0 Å². The molecule has 1 aliphatic heterocycles. The van der Waals surface area contributed by atoms with E-state index in [0.717, 1.165) is 32.8 Å². The van der Waals surface area contributed by atoms with E-state index in [1.165, 1.54) is 0 Å². The largest absolute Gasteiger partial charge is 0.379 e. The quantitative estimate of drug-likeness (QED) is 0.608. The topological polar surface area (TPSA) is 41.6 Å². The van der Waals surface area contributed by atoms with Gasteiger partial charge in [0.25, 0.3) is 0 Å². The molecule has 4 nitrogen and oxygen atoms in total. The van der Waals surface area contributed by atoms with Crippen molar-refractivity contribution in [3.63, 3.8) is 0 Å². The number of amides is 1. The molecule has 0 bridgehead atoms. The summed E-state index contributed by atoms with van der Waals surface area (Å²) in [5, 5.41) is 2.66. The molecule has 0 aromatic carbocycles. The van der Waals surface area contributed by atoms with Crippen LogP contribution in [0, 0.1) is 6.92 Å². The molecule has 1 fully saturated rings. The Labute approximate surface area is 72.9 Å². The molecular formula is C8H15N2O2. The number of carbonyl (C=O) groups is 1. The molecule has 0 aromatic rings. The summed E-state index contributed by atoms with van der Waals surface area (Å²) in [5.74, 6) is -0.205. The van der Waals surface area contributed by atoms with Crippen molar-refractivity contribution in [2.45, 2.75) is 0 Å². The first-order valence-electron chi connectivity index (χ1n) is 4.19. The van der Waals surface area contributed by atoms with Gasteiger partial charge in [0.05, 0.1) is 13.2 Å². The van der Waals surface area contributed by atoms with Gasteiger partial charge in [-0.1, -0.05) is 0 Å². The molecule has 0 aliphatic carbocycles. The normalized spacial score (nSPS) is 19.1. The van der Waals surface area contributed by atoms with Crippen molar-refractivity contribution < 1.29 is 9.53 Å². The van der Waals surface area contributed by atoms with Gasteiger partial charge >= 0.3 is 0 Å². The smallest absolute Gasteiger partial charge is 0.220 e. The van der Waals surface area contributed by atoms with E-state index < -0.39 is 0 Å². The zero-order chi connectivity index (χ0) is 8.81. The van der Waals surface area contributed by atoms with Gasteiger partial charge in [-0.15, -0.1) is 0 Å². The zero-order valence-electron chi connectivity index (χ0n) is 7.21. The van der Waals surface area contributed by atoms with Crippen LogP contribution in [0.5, 0.6) is 0 Å². The Morgan fingerprint density at radius 3 is 2.75 bits per heavy atom. The van der Waals surface area contributed by atoms with Gasteiger partial charge in [0.15, 0.2) is 0 Å². The fraction of sp³-hybridized carbons (Fsp3) is 0.750. The molecule has 1 saturated heterocycles. The van der Waals surface area contributed by atoms with E-state index in [9.17, 15) is 4.79 Å². The van der Waals surface area contributed by atoms with Gasteiger partial charge in [-0.25, -0.2) is 0 Å². The SMILES string of the molecule is [CH2]C(=O)NCCN1CCOCC1. The van der Waals surface area contributed by atoms with Gasteiger partial charge in [-0.05, 0) is 0 Å². The van der Waals surface area contributed by atoms with E-state index in [1.54, 1.807) is 0 Å². The second kappa shape index (κ2) is 5.11. The minimum atomic E-state index is -0.205. The van der Waals surface area contributed by atoms with Crippen molar-refractivity contribution in [3.8, 4) is 0 Å². The first-order valence-corrected chi connectivity index (χ1v) is 4.19. The van der Waals surface area contributed by atoms with Crippen LogP contribution in [-0.4, -0.2) is 50.2 Å². The zero-order valence-corrected chi connectivity index (χ0v) is 7.21. The number of morpholine rings is 1. The average molecular weight is 171 g/mol. The maximum absolute atomic E-state index is 10.4. The first kappa shape index (κ1) is 9.48. The summed E-state index contributed by atoms with van der Waals surface area (Å²) < 4.78 is 5.19. The summed E-state index contributed by atoms with van der Waals surface area (Å²) in [6.45, 7) is 8.34. The summed E-state index contributed by atoms with van der Waals surface area (Å²) in [6.07, 6.45) is 0. The van der Waals surface area contributed by atoms with Crippen LogP contribution in [0.25, 0.3) is 0 Å². The van der Waals surface area contributed by atoms with E-state index in [4.69, 9.17) is 4.74 Å². The Morgan fingerprint density at radius 2 is 2.17 bits per heavy atom. The second-order valence-corrected chi connectivity index (χ2v) is 2.80. The van der Waals surface area contributed by atoms with E-state index in [0.29, 0.717) is 6.54 Å². The van der Waals surface area contributed by atoms with Crippen molar-refractivity contribution in [2.75, 3.05) is 39.4 Å². The predicted molar refractivity (Wildman–Crippen MR) is 45.6 cm³/mol. The first-order chi connectivity index (χ1) is 5.79. The second-order valence-electron chi connectivity index (χ2n) is 2.80. The molecule has 69 valence electrons. The highest BCUT2D eigenvalue weighted by Crippen LogP contribution is 1.94. The summed E-state index contributed by atoms with van der Waals surface area (Å²) in [5.41, 5.74) is 0. The minimum Gasteiger partial charge on any atom is -0.379 e. The molecule has 1 radical (unpaired) electrons. The molecule has 0 aromatic heterocycles. The summed E-state index contributed by atoms with van der Waals surface area (Å²) in [6, 6.07) is 0. The minimum absolute atomic E-state index is 0.205. The lowest BCUT2D eigenvalue weighted by Gasteiger charge is -2.26. The molecule has 0 spiro atoms. The third-order valence-electron chi connectivity index (χ3n) is 1.85. The number of ether oxygens (including phenoxy) is 1. The van der Waals surface area contributed by atoms with E-state index in [1.807, 2.05) is 0 Å². The highest BCUT2D eigenvalue weighted by molar-refractivity contribution is 5.79. The Morgan fingerprint density at radius 1 is 1.50 bits per heavy atom. The van der Waals surface area contributed by atoms with Crippen LogP contribution in [0.1, 0.15) is 0 Å². The van der Waals surface area contributed by atoms with Gasteiger partial charge < -0.3 is 10.1 Å². The Kier molecular flexibility index (Phi) is 4.04. The van der Waals surface area contributed by atoms with E-state index >= 15 is 0 Å². The van der Waals surface area contributed by atoms with Crippen LogP contribution >= 0.6 is 0 Å². The maximum atomic E-state index is 10.4. The summed E-state index contributed by atoms with van der Waals surface area (Å²) in [4.78, 5) is 12.7. The molecular weight excluding hydrogens is 156 g/mol. The lowest BCUT2D eigenvalue weighted by Crippen LogP contribution is -2.41. The molecule has 1 amide bonds. The number of nitrogens with zero attached hydrogens (tertiary/aromatic N) is 1. The molecule has 12 heavy (non-hydrogen) atoms. The lowest BCUT2D eigenvalue weighted by molar-refractivity contribution is -0.116. The van der Waals surface area contributed by atoms with Gasteiger partial charge in [0.2, 0.25) is 5.91 Å². The van der Waals surface area contributed by atoms with Gasteiger partial charge in [0.1, 0.15) is 0 Å². The highest BCUT2D eigenvalue weighted by Gasteiger charge is 2.08. The van der Waals surface area contributed by atoms with Crippen molar-refractivity contribution in [1.82, 2.24) is 10.2 Å². The molecule has 0 unspecified atom stereocenters. The Balaban J connectivity index is 2.01. The number of carbonyl (C=O) groups excluding carboxylic acids is 1. The molecule has 1 N–H and O–H groups in total. The summed E-state index contributed by atoms with van der Waals surface area (Å²) >= 11 is 0. The van der Waals surface area contributed by atoms with Crippen LogP contribution < -0.4 is 5.32 Å². The van der Waals surface area contributed by atoms with Gasteiger partial charge in [-0.3, -0.25) is 9.69 Å². The third-order valence-corrected chi connectivity index (χ3v) is 1.85. The number of nitrogens with one attached hydrogen (secondary N) is 1. The van der Waals surface area contributed by atoms with Crippen LogP contribution in [0.2, 0.25) is 0 Å². The van der Waals surface area contributed by atoms with Crippen molar-refractivity contribution >= 4 is 5.91 Å². The third kappa shape index (κ3) is 3.69. The monoisotopic (exact) mass is 171 g/mol. The van der Waals surface area contributed by atoms with Crippen molar-refractivity contribution in [3.05, 3.63) is 6.92 Å². The van der Waals surface area contributed by atoms with Crippen LogP contribution in [0.15, 0.2) is 0 Å². The maximum Gasteiger partial charge on any atom is 0.220 e. The fourth-order valence-electron chi connectivity index (χ4n) is 1.18. The summed E-state index contributed by atoms with van der Waals surface area (Å²) in [7, 11) is 0. The van der Waals surface area contributed by atoms with E-state index in [-0.39, 0.29) is 5.91 Å². The Bertz CT molecular complexity index is 144. The van der Waals surface area contributed by atoms with E-state index in [2.05, 4.69) is 17.1 Å². The van der Waals surface area contributed by atoms with Gasteiger partial charge in [0, 0.05) is 33.1 Å². The molecule has 1 rings (SSSR count). The molecule has 4 heteroatoms. The van der Waals surface area contributed by atoms with Crippen LogP contribution in [-0.2, 0) is 9.53 Å². The molecule has 1 heterocycles.